The maximum atomic E-state index is 12.9. The van der Waals surface area contributed by atoms with Crippen molar-refractivity contribution in [2.24, 2.45) is 0 Å². The zero-order valence-corrected chi connectivity index (χ0v) is 18.2. The molecule has 2 saturated heterocycles. The van der Waals surface area contributed by atoms with Crippen LogP contribution in [-0.2, 0) is 4.79 Å². The van der Waals surface area contributed by atoms with E-state index < -0.39 is 0 Å². The summed E-state index contributed by atoms with van der Waals surface area (Å²) in [6.45, 7) is 4.36. The summed E-state index contributed by atoms with van der Waals surface area (Å²) in [5.41, 5.74) is 4.30. The van der Waals surface area contributed by atoms with Gasteiger partial charge in [-0.05, 0) is 73.4 Å². The van der Waals surface area contributed by atoms with E-state index in [1.54, 1.807) is 4.90 Å². The second kappa shape index (κ2) is 7.78. The largest absolute Gasteiger partial charge is 0.372 e. The summed E-state index contributed by atoms with van der Waals surface area (Å²) in [5.74, 6) is -0.0599. The van der Waals surface area contributed by atoms with Crippen molar-refractivity contribution in [1.82, 2.24) is 0 Å². The number of hydrogen-bond acceptors (Lipinski definition) is 4. The lowest BCUT2D eigenvalue weighted by molar-refractivity contribution is -0.113. The SMILES string of the molecule is Cc1cc(N2CCCC2)ccc1/C=C1/SC(=S)N(c2ccc(Br)cc2)C1=O. The van der Waals surface area contributed by atoms with E-state index in [4.69, 9.17) is 12.2 Å². The van der Waals surface area contributed by atoms with Gasteiger partial charge in [-0.1, -0.05) is 46.0 Å². The number of benzene rings is 2. The van der Waals surface area contributed by atoms with E-state index in [2.05, 4.69) is 46.0 Å². The quantitative estimate of drug-likeness (QED) is 0.430. The average Bonchev–Trinajstić information content (AvgIpc) is 3.27. The molecule has 2 aromatic rings. The van der Waals surface area contributed by atoms with E-state index in [0.29, 0.717) is 9.23 Å². The smallest absolute Gasteiger partial charge is 0.270 e. The van der Waals surface area contributed by atoms with E-state index in [1.165, 1.54) is 35.9 Å². The third-order valence-corrected chi connectivity index (χ3v) is 6.72. The Hall–Kier alpha value is -1.63. The lowest BCUT2D eigenvalue weighted by Crippen LogP contribution is -2.27. The minimum atomic E-state index is -0.0599. The maximum absolute atomic E-state index is 12.9. The first-order chi connectivity index (χ1) is 13.0. The van der Waals surface area contributed by atoms with Gasteiger partial charge in [-0.3, -0.25) is 9.69 Å². The molecule has 0 radical (unpaired) electrons. The van der Waals surface area contributed by atoms with Crippen molar-refractivity contribution in [1.29, 1.82) is 0 Å². The van der Waals surface area contributed by atoms with Crippen molar-refractivity contribution < 1.29 is 4.79 Å². The summed E-state index contributed by atoms with van der Waals surface area (Å²) in [6.07, 6.45) is 4.49. The van der Waals surface area contributed by atoms with Crippen LogP contribution in [0.1, 0.15) is 24.0 Å². The minimum absolute atomic E-state index is 0.0599. The summed E-state index contributed by atoms with van der Waals surface area (Å²) >= 11 is 10.2. The van der Waals surface area contributed by atoms with Crippen molar-refractivity contribution in [3.63, 3.8) is 0 Å². The van der Waals surface area contributed by atoms with Crippen LogP contribution in [-0.4, -0.2) is 23.3 Å². The van der Waals surface area contributed by atoms with Crippen LogP contribution in [0.25, 0.3) is 6.08 Å². The fourth-order valence-electron chi connectivity index (χ4n) is 3.42. The highest BCUT2D eigenvalue weighted by molar-refractivity contribution is 9.10. The van der Waals surface area contributed by atoms with E-state index in [1.807, 2.05) is 30.3 Å². The molecule has 138 valence electrons. The van der Waals surface area contributed by atoms with Gasteiger partial charge in [0.2, 0.25) is 0 Å². The maximum Gasteiger partial charge on any atom is 0.270 e. The first kappa shape index (κ1) is 18.7. The Bertz CT molecular complexity index is 934. The number of anilines is 2. The number of halogens is 1. The highest BCUT2D eigenvalue weighted by Crippen LogP contribution is 2.37. The lowest BCUT2D eigenvalue weighted by Gasteiger charge is -2.18. The predicted molar refractivity (Wildman–Crippen MR) is 122 cm³/mol. The van der Waals surface area contributed by atoms with Gasteiger partial charge in [0.1, 0.15) is 0 Å². The molecule has 0 saturated carbocycles. The van der Waals surface area contributed by atoms with Gasteiger partial charge in [0.05, 0.1) is 10.6 Å². The third-order valence-electron chi connectivity index (χ3n) is 4.89. The van der Waals surface area contributed by atoms with Crippen molar-refractivity contribution >= 4 is 67.6 Å². The van der Waals surface area contributed by atoms with Crippen molar-refractivity contribution in [2.45, 2.75) is 19.8 Å². The summed E-state index contributed by atoms with van der Waals surface area (Å²) in [7, 11) is 0. The van der Waals surface area contributed by atoms with Crippen LogP contribution in [0, 0.1) is 6.92 Å². The second-order valence-corrected chi connectivity index (χ2v) is 9.32. The number of carbonyl (C=O) groups is 1. The molecule has 0 aliphatic carbocycles. The highest BCUT2D eigenvalue weighted by atomic mass is 79.9. The fourth-order valence-corrected chi connectivity index (χ4v) is 4.97. The monoisotopic (exact) mass is 458 g/mol. The predicted octanol–water partition coefficient (Wildman–Crippen LogP) is 5.76. The third kappa shape index (κ3) is 3.84. The molecule has 2 aliphatic rings. The van der Waals surface area contributed by atoms with Crippen LogP contribution < -0.4 is 9.80 Å². The number of rotatable bonds is 3. The molecular formula is C21H19BrN2OS2. The molecule has 0 N–H and O–H groups in total. The van der Waals surface area contributed by atoms with Gasteiger partial charge < -0.3 is 4.90 Å². The van der Waals surface area contributed by atoms with Crippen LogP contribution in [0.3, 0.4) is 0 Å². The van der Waals surface area contributed by atoms with Gasteiger partial charge in [0, 0.05) is 23.2 Å². The Morgan fingerprint density at radius 3 is 2.41 bits per heavy atom. The van der Waals surface area contributed by atoms with Gasteiger partial charge in [0.15, 0.2) is 4.32 Å². The first-order valence-corrected chi connectivity index (χ1v) is 10.9. The number of carbonyl (C=O) groups excluding carboxylic acids is 1. The Kier molecular flexibility index (Phi) is 5.39. The fraction of sp³-hybridized carbons (Fsp3) is 0.238. The molecule has 2 aromatic carbocycles. The van der Waals surface area contributed by atoms with Crippen LogP contribution in [0.15, 0.2) is 51.8 Å². The normalized spacial score (nSPS) is 18.8. The summed E-state index contributed by atoms with van der Waals surface area (Å²) < 4.78 is 1.54. The van der Waals surface area contributed by atoms with Crippen molar-refractivity contribution in [3.8, 4) is 0 Å². The number of thiocarbonyl (C=S) groups is 1. The number of thioether (sulfide) groups is 1. The Morgan fingerprint density at radius 1 is 1.07 bits per heavy atom. The minimum Gasteiger partial charge on any atom is -0.372 e. The average molecular weight is 459 g/mol. The number of amides is 1. The first-order valence-electron chi connectivity index (χ1n) is 8.92. The van der Waals surface area contributed by atoms with E-state index in [9.17, 15) is 4.79 Å². The molecule has 6 heteroatoms. The highest BCUT2D eigenvalue weighted by Gasteiger charge is 2.33. The van der Waals surface area contributed by atoms with E-state index >= 15 is 0 Å². The van der Waals surface area contributed by atoms with Gasteiger partial charge in [-0.2, -0.15) is 0 Å². The summed E-state index contributed by atoms with van der Waals surface area (Å²) in [5, 5.41) is 0. The number of hydrogen-bond donors (Lipinski definition) is 0. The molecule has 4 rings (SSSR count). The number of aryl methyl sites for hydroxylation is 1. The van der Waals surface area contributed by atoms with Gasteiger partial charge in [0.25, 0.3) is 5.91 Å². The Morgan fingerprint density at radius 2 is 1.74 bits per heavy atom. The lowest BCUT2D eigenvalue weighted by atomic mass is 10.1. The molecule has 0 spiro atoms. The van der Waals surface area contributed by atoms with E-state index in [-0.39, 0.29) is 5.91 Å². The molecule has 1 amide bonds. The molecule has 2 fully saturated rings. The molecular weight excluding hydrogens is 440 g/mol. The van der Waals surface area contributed by atoms with Crippen LogP contribution >= 0.6 is 39.9 Å². The van der Waals surface area contributed by atoms with Crippen molar-refractivity contribution in [2.75, 3.05) is 22.9 Å². The summed E-state index contributed by atoms with van der Waals surface area (Å²) in [6, 6.07) is 14.1. The van der Waals surface area contributed by atoms with Gasteiger partial charge in [-0.25, -0.2) is 0 Å². The Balaban J connectivity index is 1.60. The zero-order chi connectivity index (χ0) is 19.0. The molecule has 0 bridgehead atoms. The van der Waals surface area contributed by atoms with Crippen LogP contribution in [0.5, 0.6) is 0 Å². The standard InChI is InChI=1S/C21H19BrN2OS2/c1-14-12-18(23-10-2-3-11-23)7-4-15(14)13-19-20(25)24(21(26)27-19)17-8-5-16(22)6-9-17/h4-9,12-13H,2-3,10-11H2,1H3/b19-13+. The number of nitrogens with zero attached hydrogens (tertiary/aromatic N) is 2. The van der Waals surface area contributed by atoms with Gasteiger partial charge >= 0.3 is 0 Å². The molecule has 0 unspecified atom stereocenters. The van der Waals surface area contributed by atoms with Crippen LogP contribution in [0.4, 0.5) is 11.4 Å². The molecule has 27 heavy (non-hydrogen) atoms. The molecule has 2 heterocycles. The molecule has 0 atom stereocenters. The molecule has 3 nitrogen and oxygen atoms in total. The van der Waals surface area contributed by atoms with Gasteiger partial charge in [-0.15, -0.1) is 0 Å². The van der Waals surface area contributed by atoms with E-state index in [0.717, 1.165) is 28.8 Å². The van der Waals surface area contributed by atoms with Crippen molar-refractivity contribution in [3.05, 3.63) is 63.0 Å². The Labute approximate surface area is 177 Å². The summed E-state index contributed by atoms with van der Waals surface area (Å²) in [4.78, 5) is 17.6. The molecule has 2 aliphatic heterocycles. The molecule has 0 aromatic heterocycles. The second-order valence-electron chi connectivity index (χ2n) is 6.73. The zero-order valence-electron chi connectivity index (χ0n) is 14.9. The topological polar surface area (TPSA) is 23.6 Å². The van der Waals surface area contributed by atoms with Crippen LogP contribution in [0.2, 0.25) is 0 Å².